The Morgan fingerprint density at radius 1 is 1.21 bits per heavy atom. The van der Waals surface area contributed by atoms with E-state index in [1.165, 1.54) is 13.2 Å². The highest BCUT2D eigenvalue weighted by Crippen LogP contribution is 2.35. The SMILES string of the molecule is COc1c(F)ccc2ncc(Cl)c(CCN3CCC(N)CC3Cc3cc4c(cn3)OCCO4)c12. The lowest BCUT2D eigenvalue weighted by molar-refractivity contribution is 0.135. The van der Waals surface area contributed by atoms with Gasteiger partial charge in [-0.25, -0.2) is 4.39 Å². The van der Waals surface area contributed by atoms with Gasteiger partial charge in [-0.15, -0.1) is 0 Å². The zero-order chi connectivity index (χ0) is 23.7. The van der Waals surface area contributed by atoms with Crippen molar-refractivity contribution in [3.63, 3.8) is 0 Å². The lowest BCUT2D eigenvalue weighted by Gasteiger charge is -2.38. The zero-order valence-corrected chi connectivity index (χ0v) is 19.9. The Bertz CT molecular complexity index is 1190. The summed E-state index contributed by atoms with van der Waals surface area (Å²) in [6.45, 7) is 2.71. The predicted octanol–water partition coefficient (Wildman–Crippen LogP) is 3.78. The van der Waals surface area contributed by atoms with Crippen LogP contribution in [-0.2, 0) is 12.8 Å². The van der Waals surface area contributed by atoms with E-state index < -0.39 is 5.82 Å². The number of nitrogens with zero attached hydrogens (tertiary/aromatic N) is 3. The average Bonchev–Trinajstić information content (AvgIpc) is 2.84. The average molecular weight is 487 g/mol. The summed E-state index contributed by atoms with van der Waals surface area (Å²) in [6, 6.07) is 5.37. The monoisotopic (exact) mass is 486 g/mol. The summed E-state index contributed by atoms with van der Waals surface area (Å²) < 4.78 is 31.1. The minimum atomic E-state index is -0.424. The highest BCUT2D eigenvalue weighted by atomic mass is 35.5. The molecule has 0 radical (unpaired) electrons. The van der Waals surface area contributed by atoms with Gasteiger partial charge < -0.3 is 19.9 Å². The number of nitrogens with two attached hydrogens (primary N) is 1. The van der Waals surface area contributed by atoms with Crippen LogP contribution in [0.1, 0.15) is 24.1 Å². The van der Waals surface area contributed by atoms with Gasteiger partial charge in [0.15, 0.2) is 23.1 Å². The van der Waals surface area contributed by atoms with Gasteiger partial charge in [0.2, 0.25) is 0 Å². The fraction of sp³-hybridized carbons (Fsp3) is 0.440. The van der Waals surface area contributed by atoms with Crippen molar-refractivity contribution in [2.75, 3.05) is 33.4 Å². The van der Waals surface area contributed by atoms with Crippen LogP contribution in [0.5, 0.6) is 17.2 Å². The van der Waals surface area contributed by atoms with Gasteiger partial charge >= 0.3 is 0 Å². The maximum atomic E-state index is 14.4. The summed E-state index contributed by atoms with van der Waals surface area (Å²) in [5, 5.41) is 1.14. The van der Waals surface area contributed by atoms with Gasteiger partial charge in [0, 0.05) is 43.0 Å². The van der Waals surface area contributed by atoms with E-state index in [2.05, 4.69) is 14.9 Å². The minimum Gasteiger partial charge on any atom is -0.493 e. The van der Waals surface area contributed by atoms with Crippen LogP contribution in [0.2, 0.25) is 5.02 Å². The van der Waals surface area contributed by atoms with Crippen LogP contribution in [0, 0.1) is 5.82 Å². The van der Waals surface area contributed by atoms with E-state index in [-0.39, 0.29) is 17.8 Å². The normalized spacial score (nSPS) is 20.5. The number of methoxy groups -OCH3 is 1. The van der Waals surface area contributed by atoms with Crippen molar-refractivity contribution in [1.29, 1.82) is 0 Å². The molecule has 180 valence electrons. The molecule has 1 aromatic carbocycles. The summed E-state index contributed by atoms with van der Waals surface area (Å²) in [5.74, 6) is 1.19. The lowest BCUT2D eigenvalue weighted by atomic mass is 9.93. The van der Waals surface area contributed by atoms with Crippen molar-refractivity contribution >= 4 is 22.5 Å². The van der Waals surface area contributed by atoms with Crippen LogP contribution in [0.3, 0.4) is 0 Å². The number of hydrogen-bond acceptors (Lipinski definition) is 7. The van der Waals surface area contributed by atoms with Gasteiger partial charge in [0.25, 0.3) is 0 Å². The van der Waals surface area contributed by atoms with Crippen LogP contribution in [0.4, 0.5) is 4.39 Å². The molecule has 3 aromatic rings. The molecule has 0 bridgehead atoms. The van der Waals surface area contributed by atoms with Crippen LogP contribution < -0.4 is 19.9 Å². The molecule has 2 aliphatic heterocycles. The van der Waals surface area contributed by atoms with E-state index in [9.17, 15) is 4.39 Å². The van der Waals surface area contributed by atoms with Crippen molar-refractivity contribution in [1.82, 2.24) is 14.9 Å². The van der Waals surface area contributed by atoms with E-state index >= 15 is 0 Å². The molecule has 2 aliphatic rings. The maximum Gasteiger partial charge on any atom is 0.179 e. The first kappa shape index (κ1) is 23.1. The maximum absolute atomic E-state index is 14.4. The Labute approximate surface area is 203 Å². The number of likely N-dealkylation sites (tertiary alicyclic amines) is 1. The van der Waals surface area contributed by atoms with Crippen molar-refractivity contribution in [3.8, 4) is 17.2 Å². The number of ether oxygens (including phenoxy) is 3. The van der Waals surface area contributed by atoms with Crippen molar-refractivity contribution in [3.05, 3.63) is 52.7 Å². The summed E-state index contributed by atoms with van der Waals surface area (Å²) in [7, 11) is 1.46. The lowest BCUT2D eigenvalue weighted by Crippen LogP contribution is -2.48. The van der Waals surface area contributed by atoms with Crippen molar-refractivity contribution in [2.45, 2.75) is 37.8 Å². The third-order valence-electron chi connectivity index (χ3n) is 6.66. The van der Waals surface area contributed by atoms with Crippen LogP contribution >= 0.6 is 11.6 Å². The number of fused-ring (bicyclic) bond motifs is 2. The van der Waals surface area contributed by atoms with Crippen LogP contribution in [0.15, 0.2) is 30.6 Å². The number of halogens is 2. The molecule has 1 saturated heterocycles. The summed E-state index contributed by atoms with van der Waals surface area (Å²) in [6.07, 6.45) is 6.55. The van der Waals surface area contributed by atoms with Crippen LogP contribution in [-0.4, -0.2) is 60.4 Å². The number of aromatic nitrogens is 2. The largest absolute Gasteiger partial charge is 0.493 e. The van der Waals surface area contributed by atoms with Crippen molar-refractivity contribution in [2.24, 2.45) is 5.73 Å². The van der Waals surface area contributed by atoms with Gasteiger partial charge in [0.1, 0.15) is 13.2 Å². The third-order valence-corrected chi connectivity index (χ3v) is 6.98. The molecule has 0 amide bonds. The molecular weight excluding hydrogens is 459 g/mol. The first-order chi connectivity index (χ1) is 16.5. The van der Waals surface area contributed by atoms with Gasteiger partial charge in [-0.2, -0.15) is 0 Å². The Morgan fingerprint density at radius 3 is 2.85 bits per heavy atom. The number of rotatable bonds is 6. The second-order valence-corrected chi connectivity index (χ2v) is 9.21. The van der Waals surface area contributed by atoms with Gasteiger partial charge in [-0.1, -0.05) is 11.6 Å². The smallest absolute Gasteiger partial charge is 0.179 e. The quantitative estimate of drug-likeness (QED) is 0.567. The fourth-order valence-electron chi connectivity index (χ4n) is 4.95. The summed E-state index contributed by atoms with van der Waals surface area (Å²) in [5.41, 5.74) is 8.79. The second-order valence-electron chi connectivity index (χ2n) is 8.81. The van der Waals surface area contributed by atoms with E-state index in [4.69, 9.17) is 31.5 Å². The van der Waals surface area contributed by atoms with Crippen molar-refractivity contribution < 1.29 is 18.6 Å². The molecule has 9 heteroatoms. The highest BCUT2D eigenvalue weighted by molar-refractivity contribution is 6.32. The first-order valence-corrected chi connectivity index (χ1v) is 11.9. The molecular formula is C25H28ClFN4O3. The van der Waals surface area contributed by atoms with E-state index in [0.717, 1.165) is 49.4 Å². The summed E-state index contributed by atoms with van der Waals surface area (Å²) in [4.78, 5) is 11.4. The Morgan fingerprint density at radius 2 is 2.03 bits per heavy atom. The van der Waals surface area contributed by atoms with Gasteiger partial charge in [-0.3, -0.25) is 14.9 Å². The topological polar surface area (TPSA) is 82.7 Å². The number of pyridine rings is 2. The molecule has 2 atom stereocenters. The Balaban J connectivity index is 1.38. The number of piperidine rings is 1. The molecule has 0 aliphatic carbocycles. The number of hydrogen-bond donors (Lipinski definition) is 1. The molecule has 34 heavy (non-hydrogen) atoms. The summed E-state index contributed by atoms with van der Waals surface area (Å²) >= 11 is 6.54. The highest BCUT2D eigenvalue weighted by Gasteiger charge is 2.28. The number of benzene rings is 1. The Kier molecular flexibility index (Phi) is 6.72. The van der Waals surface area contributed by atoms with Crippen LogP contribution in [0.25, 0.3) is 10.9 Å². The molecule has 2 N–H and O–H groups in total. The molecule has 0 saturated carbocycles. The standard InChI is InChI=1S/C25H28ClFN4O3/c1-32-25-20(27)2-3-21-24(25)18(19(26)13-30-21)5-7-31-6-4-15(28)10-17(31)11-16-12-22-23(14-29-16)34-9-8-33-22/h2-3,12-15,17H,4-11,28H2,1H3. The predicted molar refractivity (Wildman–Crippen MR) is 128 cm³/mol. The van der Waals surface area contributed by atoms with Gasteiger partial charge in [0.05, 0.1) is 29.2 Å². The first-order valence-electron chi connectivity index (χ1n) is 11.6. The molecule has 2 aromatic heterocycles. The van der Waals surface area contributed by atoms with Gasteiger partial charge in [-0.05, 0) is 43.5 Å². The molecule has 4 heterocycles. The second kappa shape index (κ2) is 9.90. The molecule has 7 nitrogen and oxygen atoms in total. The Hall–Kier alpha value is -2.68. The zero-order valence-electron chi connectivity index (χ0n) is 19.1. The molecule has 5 rings (SSSR count). The third kappa shape index (κ3) is 4.62. The molecule has 1 fully saturated rings. The minimum absolute atomic E-state index is 0.151. The van der Waals surface area contributed by atoms with E-state index in [0.29, 0.717) is 41.3 Å². The van der Waals surface area contributed by atoms with E-state index in [1.54, 1.807) is 18.5 Å². The molecule has 2 unspecified atom stereocenters. The van der Waals surface area contributed by atoms with E-state index in [1.807, 2.05) is 6.07 Å². The molecule has 0 spiro atoms. The fourth-order valence-corrected chi connectivity index (χ4v) is 5.19.